The number of aromatic nitrogens is 3. The predicted molar refractivity (Wildman–Crippen MR) is 74.1 cm³/mol. The third kappa shape index (κ3) is 2.10. The molecule has 3 rings (SSSR count). The number of hydrogen-bond acceptors (Lipinski definition) is 2. The molecule has 1 aliphatic rings. The molecular formula is C13H15Cl2N3. The zero-order valence-corrected chi connectivity index (χ0v) is 12.0. The summed E-state index contributed by atoms with van der Waals surface area (Å²) in [4.78, 5) is 8.97. The van der Waals surface area contributed by atoms with Crippen LogP contribution in [-0.2, 0) is 6.54 Å². The van der Waals surface area contributed by atoms with Gasteiger partial charge in [-0.3, -0.25) is 0 Å². The van der Waals surface area contributed by atoms with Crippen LogP contribution >= 0.6 is 23.2 Å². The Hall–Kier alpha value is -0.800. The molecule has 0 aliphatic heterocycles. The van der Waals surface area contributed by atoms with Crippen molar-refractivity contribution in [3.05, 3.63) is 23.1 Å². The van der Waals surface area contributed by atoms with Crippen LogP contribution in [-0.4, -0.2) is 14.5 Å². The van der Waals surface area contributed by atoms with Crippen LogP contribution in [0.25, 0.3) is 11.2 Å². The Kier molecular flexibility index (Phi) is 2.79. The van der Waals surface area contributed by atoms with Crippen LogP contribution in [0, 0.1) is 5.41 Å². The zero-order chi connectivity index (χ0) is 12.9. The highest BCUT2D eigenvalue weighted by Gasteiger charge is 2.38. The summed E-state index contributed by atoms with van der Waals surface area (Å²) in [6.07, 6.45) is 4.19. The molecule has 3 nitrogen and oxygen atoms in total. The highest BCUT2D eigenvalue weighted by Crippen LogP contribution is 2.47. The number of hydrogen-bond donors (Lipinski definition) is 0. The molecule has 0 saturated heterocycles. The number of halogens is 2. The van der Waals surface area contributed by atoms with Crippen LogP contribution in [0.15, 0.2) is 12.3 Å². The molecule has 18 heavy (non-hydrogen) atoms. The first-order valence-electron chi connectivity index (χ1n) is 6.14. The van der Waals surface area contributed by atoms with Gasteiger partial charge in [-0.1, -0.05) is 18.5 Å². The number of nitrogens with zero attached hydrogens (tertiary/aromatic N) is 3. The minimum absolute atomic E-state index is 0.125. The number of fused-ring (bicyclic) bond motifs is 1. The molecule has 0 spiro atoms. The molecule has 2 aromatic rings. The highest BCUT2D eigenvalue weighted by atomic mass is 35.5. The normalized spacial score (nSPS) is 19.1. The summed E-state index contributed by atoms with van der Waals surface area (Å²) in [6.45, 7) is 5.16. The molecule has 2 heterocycles. The van der Waals surface area contributed by atoms with Gasteiger partial charge in [0, 0.05) is 12.7 Å². The summed E-state index contributed by atoms with van der Waals surface area (Å²) >= 11 is 12.2. The number of pyridine rings is 1. The van der Waals surface area contributed by atoms with Crippen LogP contribution in [0.1, 0.15) is 37.9 Å². The average Bonchev–Trinajstić information content (AvgIpc) is 2.91. The van der Waals surface area contributed by atoms with Crippen molar-refractivity contribution in [1.82, 2.24) is 14.5 Å². The second kappa shape index (κ2) is 4.10. The molecule has 2 aromatic heterocycles. The maximum atomic E-state index is 6.22. The van der Waals surface area contributed by atoms with E-state index in [1.54, 1.807) is 6.20 Å². The largest absolute Gasteiger partial charge is 0.311 e. The van der Waals surface area contributed by atoms with Crippen molar-refractivity contribution in [3.8, 4) is 0 Å². The lowest BCUT2D eigenvalue weighted by atomic mass is 10.1. The topological polar surface area (TPSA) is 30.7 Å². The van der Waals surface area contributed by atoms with Gasteiger partial charge in [-0.25, -0.2) is 9.97 Å². The fourth-order valence-electron chi connectivity index (χ4n) is 2.22. The predicted octanol–water partition coefficient (Wildman–Crippen LogP) is 4.18. The smallest absolute Gasteiger partial charge is 0.160 e. The first-order valence-corrected chi connectivity index (χ1v) is 6.96. The molecule has 1 fully saturated rings. The Bertz CT molecular complexity index is 600. The van der Waals surface area contributed by atoms with Gasteiger partial charge in [-0.05, 0) is 31.2 Å². The molecule has 0 bridgehead atoms. The van der Waals surface area contributed by atoms with Crippen molar-refractivity contribution in [3.63, 3.8) is 0 Å². The van der Waals surface area contributed by atoms with E-state index in [0.29, 0.717) is 10.4 Å². The van der Waals surface area contributed by atoms with Crippen molar-refractivity contribution in [2.45, 2.75) is 38.6 Å². The molecule has 0 N–H and O–H groups in total. The van der Waals surface area contributed by atoms with Gasteiger partial charge in [-0.15, -0.1) is 11.6 Å². The molecule has 1 aliphatic carbocycles. The number of imidazole rings is 1. The van der Waals surface area contributed by atoms with E-state index in [-0.39, 0.29) is 5.38 Å². The fourth-order valence-corrected chi connectivity index (χ4v) is 2.54. The van der Waals surface area contributed by atoms with Crippen molar-refractivity contribution in [2.24, 2.45) is 5.41 Å². The monoisotopic (exact) mass is 283 g/mol. The standard InChI is InChI=1S/C13H15Cl2N3/c1-8(14)11-17-10-5-9(15)6-16-12(10)18(11)7-13(2)3-4-13/h5-6,8H,3-4,7H2,1-2H3. The second-order valence-electron chi connectivity index (χ2n) is 5.48. The van der Waals surface area contributed by atoms with E-state index in [1.807, 2.05) is 13.0 Å². The summed E-state index contributed by atoms with van der Waals surface area (Å²) in [7, 11) is 0. The van der Waals surface area contributed by atoms with Gasteiger partial charge in [0.15, 0.2) is 5.65 Å². The van der Waals surface area contributed by atoms with Crippen LogP contribution in [0.3, 0.4) is 0 Å². The third-order valence-electron chi connectivity index (χ3n) is 3.58. The van der Waals surface area contributed by atoms with E-state index in [1.165, 1.54) is 12.8 Å². The first-order chi connectivity index (χ1) is 8.48. The van der Waals surface area contributed by atoms with E-state index in [2.05, 4.69) is 21.5 Å². The molecule has 1 unspecified atom stereocenters. The molecule has 0 aromatic carbocycles. The minimum atomic E-state index is -0.125. The van der Waals surface area contributed by atoms with Gasteiger partial charge in [0.05, 0.1) is 10.4 Å². The van der Waals surface area contributed by atoms with Crippen molar-refractivity contribution in [1.29, 1.82) is 0 Å². The van der Waals surface area contributed by atoms with E-state index in [4.69, 9.17) is 23.2 Å². The third-order valence-corrected chi connectivity index (χ3v) is 3.98. The maximum absolute atomic E-state index is 6.22. The van der Waals surface area contributed by atoms with Gasteiger partial charge in [0.25, 0.3) is 0 Å². The second-order valence-corrected chi connectivity index (χ2v) is 6.57. The lowest BCUT2D eigenvalue weighted by Crippen LogP contribution is -2.12. The average molecular weight is 284 g/mol. The Morgan fingerprint density at radius 3 is 2.83 bits per heavy atom. The van der Waals surface area contributed by atoms with E-state index in [0.717, 1.165) is 23.5 Å². The van der Waals surface area contributed by atoms with Gasteiger partial charge < -0.3 is 4.57 Å². The summed E-state index contributed by atoms with van der Waals surface area (Å²) < 4.78 is 2.15. The Balaban J connectivity index is 2.15. The SMILES string of the molecule is CC(Cl)c1nc2cc(Cl)cnc2n1CC1(C)CC1. The Morgan fingerprint density at radius 2 is 2.22 bits per heavy atom. The number of rotatable bonds is 3. The van der Waals surface area contributed by atoms with Gasteiger partial charge >= 0.3 is 0 Å². The first kappa shape index (κ1) is 12.2. The summed E-state index contributed by atoms with van der Waals surface area (Å²) in [5, 5.41) is 0.485. The van der Waals surface area contributed by atoms with Crippen LogP contribution in [0.4, 0.5) is 0 Å². The van der Waals surface area contributed by atoms with Crippen molar-refractivity contribution in [2.75, 3.05) is 0 Å². The van der Waals surface area contributed by atoms with E-state index >= 15 is 0 Å². The Morgan fingerprint density at radius 1 is 1.50 bits per heavy atom. The van der Waals surface area contributed by atoms with Crippen molar-refractivity contribution < 1.29 is 0 Å². The summed E-state index contributed by atoms with van der Waals surface area (Å²) in [5.74, 6) is 0.884. The maximum Gasteiger partial charge on any atom is 0.160 e. The summed E-state index contributed by atoms with van der Waals surface area (Å²) in [6, 6.07) is 1.85. The molecule has 1 atom stereocenters. The summed E-state index contributed by atoms with van der Waals surface area (Å²) in [5.41, 5.74) is 2.10. The van der Waals surface area contributed by atoms with Gasteiger partial charge in [-0.2, -0.15) is 0 Å². The molecule has 1 saturated carbocycles. The zero-order valence-electron chi connectivity index (χ0n) is 10.5. The lowest BCUT2D eigenvalue weighted by molar-refractivity contribution is 0.459. The van der Waals surface area contributed by atoms with Gasteiger partial charge in [0.1, 0.15) is 11.3 Å². The molecule has 5 heteroatoms. The lowest BCUT2D eigenvalue weighted by Gasteiger charge is -2.14. The van der Waals surface area contributed by atoms with E-state index in [9.17, 15) is 0 Å². The molecule has 0 amide bonds. The minimum Gasteiger partial charge on any atom is -0.311 e. The molecule has 96 valence electrons. The quantitative estimate of drug-likeness (QED) is 0.791. The Labute approximate surface area is 116 Å². The van der Waals surface area contributed by atoms with Crippen LogP contribution in [0.2, 0.25) is 5.02 Å². The van der Waals surface area contributed by atoms with E-state index < -0.39 is 0 Å². The highest BCUT2D eigenvalue weighted by molar-refractivity contribution is 6.31. The van der Waals surface area contributed by atoms with Crippen LogP contribution < -0.4 is 0 Å². The van der Waals surface area contributed by atoms with Crippen LogP contribution in [0.5, 0.6) is 0 Å². The fraction of sp³-hybridized carbons (Fsp3) is 0.538. The van der Waals surface area contributed by atoms with Crippen molar-refractivity contribution >= 4 is 34.4 Å². The molecule has 0 radical (unpaired) electrons. The van der Waals surface area contributed by atoms with Gasteiger partial charge in [0.2, 0.25) is 0 Å². The molecular weight excluding hydrogens is 269 g/mol. The number of alkyl halides is 1.